The van der Waals surface area contributed by atoms with Crippen molar-refractivity contribution in [1.82, 2.24) is 15.0 Å². The summed E-state index contributed by atoms with van der Waals surface area (Å²) in [5, 5.41) is 6.76. The Bertz CT molecular complexity index is 805. The Morgan fingerprint density at radius 1 is 1.32 bits per heavy atom. The Hall–Kier alpha value is -1.89. The highest BCUT2D eigenvalue weighted by Gasteiger charge is 2.11. The lowest BCUT2D eigenvalue weighted by Gasteiger charge is -2.18. The van der Waals surface area contributed by atoms with Gasteiger partial charge in [0.1, 0.15) is 5.75 Å². The Labute approximate surface area is 156 Å². The van der Waals surface area contributed by atoms with E-state index in [-0.39, 0.29) is 0 Å². The molecule has 0 amide bonds. The van der Waals surface area contributed by atoms with Crippen molar-refractivity contribution in [3.05, 3.63) is 52.2 Å². The predicted molar refractivity (Wildman–Crippen MR) is 100 cm³/mol. The van der Waals surface area contributed by atoms with Gasteiger partial charge in [-0.15, -0.1) is 11.3 Å². The van der Waals surface area contributed by atoms with Gasteiger partial charge < -0.3 is 14.2 Å². The van der Waals surface area contributed by atoms with Crippen LogP contribution in [0.2, 0.25) is 5.02 Å². The van der Waals surface area contributed by atoms with E-state index in [9.17, 15) is 0 Å². The van der Waals surface area contributed by atoms with Crippen molar-refractivity contribution in [2.45, 2.75) is 19.4 Å². The first-order chi connectivity index (χ1) is 12.2. The molecule has 0 aliphatic heterocycles. The molecule has 1 aromatic carbocycles. The summed E-state index contributed by atoms with van der Waals surface area (Å²) in [7, 11) is 3.75. The molecule has 0 fully saturated rings. The third kappa shape index (κ3) is 4.81. The van der Waals surface area contributed by atoms with E-state index in [0.717, 1.165) is 47.1 Å². The highest BCUT2D eigenvalue weighted by molar-refractivity contribution is 7.13. The Morgan fingerprint density at radius 2 is 2.20 bits per heavy atom. The van der Waals surface area contributed by atoms with Crippen molar-refractivity contribution < 1.29 is 9.26 Å². The van der Waals surface area contributed by atoms with Crippen LogP contribution >= 0.6 is 22.9 Å². The fourth-order valence-corrected chi connectivity index (χ4v) is 3.45. The molecule has 0 aliphatic carbocycles. The van der Waals surface area contributed by atoms with Crippen LogP contribution in [-0.2, 0) is 13.0 Å². The largest absolute Gasteiger partial charge is 0.496 e. The summed E-state index contributed by atoms with van der Waals surface area (Å²) >= 11 is 7.69. The first-order valence-corrected chi connectivity index (χ1v) is 9.29. The molecule has 132 valence electrons. The maximum atomic E-state index is 6.09. The van der Waals surface area contributed by atoms with Crippen LogP contribution in [0, 0.1) is 0 Å². The number of aromatic nitrogens is 2. The van der Waals surface area contributed by atoms with Gasteiger partial charge in [-0.25, -0.2) is 0 Å². The second kappa shape index (κ2) is 8.47. The molecule has 3 rings (SSSR count). The van der Waals surface area contributed by atoms with Gasteiger partial charge in [-0.2, -0.15) is 4.98 Å². The number of methoxy groups -OCH3 is 1. The van der Waals surface area contributed by atoms with E-state index in [1.165, 1.54) is 0 Å². The minimum Gasteiger partial charge on any atom is -0.496 e. The standard InChI is InChI=1S/C18H20ClN3O2S/c1-22(12-13-11-14(19)7-8-15(13)23-2)9-3-6-17-20-18(21-24-17)16-5-4-10-25-16/h4-5,7-8,10-11H,3,6,9,12H2,1-2H3. The van der Waals surface area contributed by atoms with E-state index in [0.29, 0.717) is 11.7 Å². The molecule has 25 heavy (non-hydrogen) atoms. The van der Waals surface area contributed by atoms with E-state index in [1.807, 2.05) is 35.7 Å². The molecule has 0 atom stereocenters. The number of aryl methyl sites for hydroxylation is 1. The summed E-state index contributed by atoms with van der Waals surface area (Å²) in [6, 6.07) is 9.66. The van der Waals surface area contributed by atoms with Gasteiger partial charge in [0, 0.05) is 23.6 Å². The number of hydrogen-bond donors (Lipinski definition) is 0. The van der Waals surface area contributed by atoms with E-state index < -0.39 is 0 Å². The molecule has 2 aromatic heterocycles. The number of nitrogens with zero attached hydrogens (tertiary/aromatic N) is 3. The molecule has 5 nitrogen and oxygen atoms in total. The molecule has 7 heteroatoms. The Kier molecular flexibility index (Phi) is 6.07. The van der Waals surface area contributed by atoms with Crippen LogP contribution in [0.5, 0.6) is 5.75 Å². The van der Waals surface area contributed by atoms with Crippen molar-refractivity contribution in [3.8, 4) is 16.5 Å². The van der Waals surface area contributed by atoms with Crippen LogP contribution < -0.4 is 4.74 Å². The summed E-state index contributed by atoms with van der Waals surface area (Å²) < 4.78 is 10.7. The van der Waals surface area contributed by atoms with Crippen LogP contribution in [0.15, 0.2) is 40.2 Å². The zero-order valence-electron chi connectivity index (χ0n) is 14.2. The maximum Gasteiger partial charge on any atom is 0.227 e. The summed E-state index contributed by atoms with van der Waals surface area (Å²) in [5.74, 6) is 2.20. The van der Waals surface area contributed by atoms with E-state index in [4.69, 9.17) is 20.9 Å². The summed E-state index contributed by atoms with van der Waals surface area (Å²) in [4.78, 5) is 7.70. The van der Waals surface area contributed by atoms with Crippen molar-refractivity contribution in [2.24, 2.45) is 0 Å². The lowest BCUT2D eigenvalue weighted by Crippen LogP contribution is -2.20. The number of benzene rings is 1. The minimum atomic E-state index is 0.669. The third-order valence-corrected chi connectivity index (χ3v) is 4.92. The number of halogens is 1. The zero-order chi connectivity index (χ0) is 17.6. The fourth-order valence-electron chi connectivity index (χ4n) is 2.60. The molecule has 3 aromatic rings. The average Bonchev–Trinajstić information content (AvgIpc) is 3.26. The Morgan fingerprint density at radius 3 is 2.96 bits per heavy atom. The molecule has 0 bridgehead atoms. The molecular formula is C18H20ClN3O2S. The number of thiophene rings is 1. The monoisotopic (exact) mass is 377 g/mol. The van der Waals surface area contributed by atoms with Gasteiger partial charge in [0.25, 0.3) is 0 Å². The Balaban J connectivity index is 1.50. The molecule has 0 radical (unpaired) electrons. The lowest BCUT2D eigenvalue weighted by molar-refractivity contribution is 0.303. The average molecular weight is 378 g/mol. The van der Waals surface area contributed by atoms with Crippen LogP contribution in [-0.4, -0.2) is 35.7 Å². The van der Waals surface area contributed by atoms with Crippen molar-refractivity contribution in [3.63, 3.8) is 0 Å². The van der Waals surface area contributed by atoms with Crippen molar-refractivity contribution in [1.29, 1.82) is 0 Å². The SMILES string of the molecule is COc1ccc(Cl)cc1CN(C)CCCc1nc(-c2cccs2)no1. The highest BCUT2D eigenvalue weighted by Crippen LogP contribution is 2.24. The van der Waals surface area contributed by atoms with Gasteiger partial charge >= 0.3 is 0 Å². The van der Waals surface area contributed by atoms with E-state index in [2.05, 4.69) is 22.1 Å². The van der Waals surface area contributed by atoms with Crippen LogP contribution in [0.4, 0.5) is 0 Å². The lowest BCUT2D eigenvalue weighted by atomic mass is 10.2. The first-order valence-electron chi connectivity index (χ1n) is 8.03. The minimum absolute atomic E-state index is 0.669. The number of ether oxygens (including phenoxy) is 1. The van der Waals surface area contributed by atoms with Gasteiger partial charge in [0.2, 0.25) is 11.7 Å². The number of rotatable bonds is 8. The molecule has 0 spiro atoms. The normalized spacial score (nSPS) is 11.2. The van der Waals surface area contributed by atoms with Gasteiger partial charge in [-0.3, -0.25) is 0 Å². The van der Waals surface area contributed by atoms with E-state index in [1.54, 1.807) is 18.4 Å². The van der Waals surface area contributed by atoms with Gasteiger partial charge in [0.05, 0.1) is 12.0 Å². The van der Waals surface area contributed by atoms with Crippen LogP contribution in [0.1, 0.15) is 17.9 Å². The van der Waals surface area contributed by atoms with E-state index >= 15 is 0 Å². The van der Waals surface area contributed by atoms with Gasteiger partial charge in [-0.05, 0) is 49.7 Å². The van der Waals surface area contributed by atoms with Crippen molar-refractivity contribution >= 4 is 22.9 Å². The van der Waals surface area contributed by atoms with Crippen molar-refractivity contribution in [2.75, 3.05) is 20.7 Å². The maximum absolute atomic E-state index is 6.09. The molecule has 0 unspecified atom stereocenters. The predicted octanol–water partition coefficient (Wildman–Crippen LogP) is 4.52. The molecule has 2 heterocycles. The number of hydrogen-bond acceptors (Lipinski definition) is 6. The molecular weight excluding hydrogens is 358 g/mol. The van der Waals surface area contributed by atoms with Gasteiger partial charge in [0.15, 0.2) is 0 Å². The zero-order valence-corrected chi connectivity index (χ0v) is 15.8. The smallest absolute Gasteiger partial charge is 0.227 e. The first kappa shape index (κ1) is 17.9. The second-order valence-corrected chi connectivity index (χ2v) is 7.17. The fraction of sp³-hybridized carbons (Fsp3) is 0.333. The summed E-state index contributed by atoms with van der Waals surface area (Å²) in [6.07, 6.45) is 1.70. The van der Waals surface area contributed by atoms with Gasteiger partial charge in [-0.1, -0.05) is 22.8 Å². The van der Waals surface area contributed by atoms with Crippen LogP contribution in [0.25, 0.3) is 10.7 Å². The molecule has 0 saturated carbocycles. The topological polar surface area (TPSA) is 51.4 Å². The highest BCUT2D eigenvalue weighted by atomic mass is 35.5. The third-order valence-electron chi connectivity index (χ3n) is 3.82. The summed E-state index contributed by atoms with van der Waals surface area (Å²) in [5.41, 5.74) is 1.08. The second-order valence-electron chi connectivity index (χ2n) is 5.79. The molecule has 0 N–H and O–H groups in total. The van der Waals surface area contributed by atoms with Crippen LogP contribution in [0.3, 0.4) is 0 Å². The molecule has 0 saturated heterocycles. The summed E-state index contributed by atoms with van der Waals surface area (Å²) in [6.45, 7) is 1.68. The quantitative estimate of drug-likeness (QED) is 0.577. The molecule has 0 aliphatic rings.